The molecule has 0 saturated heterocycles. The summed E-state index contributed by atoms with van der Waals surface area (Å²) in [7, 11) is -4.17. The van der Waals surface area contributed by atoms with E-state index in [1.54, 1.807) is 42.5 Å². The number of anilines is 2. The third-order valence-electron chi connectivity index (χ3n) is 5.81. The van der Waals surface area contributed by atoms with E-state index in [1.165, 1.54) is 36.5 Å². The highest BCUT2D eigenvalue weighted by Gasteiger charge is 2.29. The number of benzene rings is 4. The summed E-state index contributed by atoms with van der Waals surface area (Å²) in [6, 6.07) is 26.3. The summed E-state index contributed by atoms with van der Waals surface area (Å²) >= 11 is 12.4. The van der Waals surface area contributed by atoms with Gasteiger partial charge in [0.2, 0.25) is 0 Å². The van der Waals surface area contributed by atoms with Crippen LogP contribution in [0.15, 0.2) is 107 Å². The monoisotopic (exact) mass is 624 g/mol. The molecule has 0 spiro atoms. The summed E-state index contributed by atoms with van der Waals surface area (Å²) in [5.74, 6) is -0.536. The van der Waals surface area contributed by atoms with Crippen LogP contribution in [0, 0.1) is 6.92 Å². The maximum absolute atomic E-state index is 13.4. The van der Waals surface area contributed by atoms with Crippen molar-refractivity contribution in [1.29, 1.82) is 0 Å². The van der Waals surface area contributed by atoms with Crippen LogP contribution in [0.3, 0.4) is 0 Å². The normalized spacial score (nSPS) is 11.2. The number of ether oxygens (including phenoxy) is 1. The molecule has 0 aromatic heterocycles. The Kier molecular flexibility index (Phi) is 10.2. The summed E-state index contributed by atoms with van der Waals surface area (Å²) < 4.78 is 33.3. The lowest BCUT2D eigenvalue weighted by molar-refractivity contribution is -0.119. The molecule has 0 saturated carbocycles. The summed E-state index contributed by atoms with van der Waals surface area (Å²) in [6.07, 6.45) is 1.38. The van der Waals surface area contributed by atoms with Crippen molar-refractivity contribution in [3.05, 3.63) is 118 Å². The van der Waals surface area contributed by atoms with E-state index in [-0.39, 0.29) is 33.1 Å². The third kappa shape index (κ3) is 8.10. The predicted molar refractivity (Wildman–Crippen MR) is 165 cm³/mol. The number of hydrazone groups is 1. The van der Waals surface area contributed by atoms with Crippen molar-refractivity contribution >= 4 is 62.6 Å². The quantitative estimate of drug-likeness (QED) is 0.165. The largest absolute Gasteiger partial charge is 0.484 e. The Hall–Kier alpha value is -4.38. The predicted octanol–water partition coefficient (Wildman–Crippen LogP) is 5.66. The number of amides is 2. The van der Waals surface area contributed by atoms with Crippen molar-refractivity contribution < 1.29 is 22.7 Å². The SMILES string of the molecule is Cc1ccc(NC(=O)COc2ccc(/C=N\NC(=O)CN(c3cccc(Cl)c3Cl)S(=O)(=O)c3ccccc3)cc2)cc1. The Balaban J connectivity index is 1.36. The average molecular weight is 626 g/mol. The first-order valence-electron chi connectivity index (χ1n) is 12.6. The number of rotatable bonds is 11. The fourth-order valence-electron chi connectivity index (χ4n) is 3.68. The standard InChI is InChI=1S/C30H26Cl2N4O5S/c1-21-10-14-23(15-11-21)34-29(38)20-41-24-16-12-22(13-17-24)18-33-35-28(37)19-36(27-9-5-8-26(31)30(27)32)42(39,40)25-6-3-2-4-7-25/h2-18H,19-20H2,1H3,(H,34,38)(H,35,37)/b33-18-. The lowest BCUT2D eigenvalue weighted by atomic mass is 10.2. The summed E-state index contributed by atoms with van der Waals surface area (Å²) in [5, 5.41) is 6.82. The zero-order valence-corrected chi connectivity index (χ0v) is 24.7. The summed E-state index contributed by atoms with van der Waals surface area (Å²) in [5.41, 5.74) is 4.78. The molecule has 12 heteroatoms. The summed E-state index contributed by atoms with van der Waals surface area (Å²) in [4.78, 5) is 24.9. The molecule has 0 aliphatic heterocycles. The van der Waals surface area contributed by atoms with Gasteiger partial charge in [-0.1, -0.05) is 65.2 Å². The molecule has 4 aromatic rings. The van der Waals surface area contributed by atoms with Crippen molar-refractivity contribution in [2.75, 3.05) is 22.8 Å². The molecule has 0 heterocycles. The summed E-state index contributed by atoms with van der Waals surface area (Å²) in [6.45, 7) is 1.19. The molecule has 0 unspecified atom stereocenters. The van der Waals surface area contributed by atoms with Crippen LogP contribution in [0.5, 0.6) is 5.75 Å². The highest BCUT2D eigenvalue weighted by molar-refractivity contribution is 7.92. The van der Waals surface area contributed by atoms with Gasteiger partial charge in [-0.25, -0.2) is 13.8 Å². The zero-order valence-electron chi connectivity index (χ0n) is 22.3. The zero-order chi connectivity index (χ0) is 30.1. The number of hydrogen-bond acceptors (Lipinski definition) is 6. The molecule has 0 aliphatic rings. The van der Waals surface area contributed by atoms with Gasteiger partial charge >= 0.3 is 0 Å². The number of aryl methyl sites for hydroxylation is 1. The molecule has 0 bridgehead atoms. The molecule has 0 fully saturated rings. The minimum Gasteiger partial charge on any atom is -0.484 e. The van der Waals surface area contributed by atoms with Gasteiger partial charge in [-0.05, 0) is 73.2 Å². The molecule has 42 heavy (non-hydrogen) atoms. The molecule has 2 N–H and O–H groups in total. The highest BCUT2D eigenvalue weighted by atomic mass is 35.5. The number of carbonyl (C=O) groups excluding carboxylic acids is 2. The van der Waals surface area contributed by atoms with Gasteiger partial charge in [0, 0.05) is 5.69 Å². The first-order valence-corrected chi connectivity index (χ1v) is 14.8. The van der Waals surface area contributed by atoms with Crippen molar-refractivity contribution in [2.24, 2.45) is 5.10 Å². The molecule has 4 rings (SSSR count). The van der Waals surface area contributed by atoms with Crippen LogP contribution in [-0.4, -0.2) is 39.6 Å². The van der Waals surface area contributed by atoms with Crippen LogP contribution in [-0.2, 0) is 19.6 Å². The second-order valence-electron chi connectivity index (χ2n) is 8.96. The topological polar surface area (TPSA) is 117 Å². The molecule has 0 atom stereocenters. The number of hydrogen-bond donors (Lipinski definition) is 2. The van der Waals surface area contributed by atoms with E-state index < -0.39 is 22.5 Å². The first kappa shape index (κ1) is 30.6. The Labute approximate surface area is 253 Å². The van der Waals surface area contributed by atoms with Crippen LogP contribution in [0.2, 0.25) is 10.0 Å². The third-order valence-corrected chi connectivity index (χ3v) is 8.39. The van der Waals surface area contributed by atoms with Crippen molar-refractivity contribution in [1.82, 2.24) is 5.43 Å². The van der Waals surface area contributed by atoms with Crippen molar-refractivity contribution in [2.45, 2.75) is 11.8 Å². The maximum atomic E-state index is 13.4. The van der Waals surface area contributed by atoms with E-state index in [0.717, 1.165) is 9.87 Å². The molecule has 0 radical (unpaired) electrons. The second-order valence-corrected chi connectivity index (χ2v) is 11.6. The van der Waals surface area contributed by atoms with Crippen LogP contribution >= 0.6 is 23.2 Å². The first-order chi connectivity index (χ1) is 20.1. The van der Waals surface area contributed by atoms with Gasteiger partial charge in [-0.2, -0.15) is 5.10 Å². The Bertz CT molecular complexity index is 1680. The van der Waals surface area contributed by atoms with E-state index in [9.17, 15) is 18.0 Å². The van der Waals surface area contributed by atoms with E-state index in [2.05, 4.69) is 15.8 Å². The van der Waals surface area contributed by atoms with Crippen LogP contribution in [0.1, 0.15) is 11.1 Å². The van der Waals surface area contributed by atoms with Gasteiger partial charge in [0.15, 0.2) is 6.61 Å². The van der Waals surface area contributed by atoms with Gasteiger partial charge in [0.05, 0.1) is 26.8 Å². The Morgan fingerprint density at radius 1 is 0.881 bits per heavy atom. The van der Waals surface area contributed by atoms with E-state index in [4.69, 9.17) is 27.9 Å². The molecule has 216 valence electrons. The number of carbonyl (C=O) groups is 2. The van der Waals surface area contributed by atoms with Crippen molar-refractivity contribution in [3.63, 3.8) is 0 Å². The maximum Gasteiger partial charge on any atom is 0.264 e. The van der Waals surface area contributed by atoms with Gasteiger partial charge < -0.3 is 10.1 Å². The minimum absolute atomic E-state index is 0.00934. The van der Waals surface area contributed by atoms with Crippen molar-refractivity contribution in [3.8, 4) is 5.75 Å². The van der Waals surface area contributed by atoms with Gasteiger partial charge in [0.25, 0.3) is 21.8 Å². The highest BCUT2D eigenvalue weighted by Crippen LogP contribution is 2.35. The Morgan fingerprint density at radius 2 is 1.57 bits per heavy atom. The van der Waals surface area contributed by atoms with E-state index >= 15 is 0 Å². The molecule has 2 amide bonds. The molecule has 4 aromatic carbocycles. The number of sulfonamides is 1. The van der Waals surface area contributed by atoms with Crippen LogP contribution < -0.4 is 19.8 Å². The fraction of sp³-hybridized carbons (Fsp3) is 0.100. The number of nitrogens with zero attached hydrogens (tertiary/aromatic N) is 2. The number of halogens is 2. The van der Waals surface area contributed by atoms with Crippen LogP contribution in [0.4, 0.5) is 11.4 Å². The minimum atomic E-state index is -4.17. The lowest BCUT2D eigenvalue weighted by Crippen LogP contribution is -2.39. The van der Waals surface area contributed by atoms with E-state index in [1.807, 2.05) is 31.2 Å². The molecular weight excluding hydrogens is 599 g/mol. The van der Waals surface area contributed by atoms with E-state index in [0.29, 0.717) is 17.0 Å². The Morgan fingerprint density at radius 3 is 2.26 bits per heavy atom. The number of nitrogens with one attached hydrogen (secondary N) is 2. The molecule has 0 aliphatic carbocycles. The average Bonchev–Trinajstić information content (AvgIpc) is 2.99. The van der Waals surface area contributed by atoms with Gasteiger partial charge in [-0.3, -0.25) is 13.9 Å². The lowest BCUT2D eigenvalue weighted by Gasteiger charge is -2.24. The van der Waals surface area contributed by atoms with Crippen LogP contribution in [0.25, 0.3) is 0 Å². The smallest absolute Gasteiger partial charge is 0.264 e. The fourth-order valence-corrected chi connectivity index (χ4v) is 5.58. The molecule has 9 nitrogen and oxygen atoms in total. The van der Waals surface area contributed by atoms with Gasteiger partial charge in [0.1, 0.15) is 12.3 Å². The second kappa shape index (κ2) is 14.0. The molecular formula is C30H26Cl2N4O5S. The van der Waals surface area contributed by atoms with Gasteiger partial charge in [-0.15, -0.1) is 0 Å².